The molecule has 2 heterocycles. The Bertz CT molecular complexity index is 454. The molecular formula is C13H12O4. The van der Waals surface area contributed by atoms with Gasteiger partial charge in [-0.3, -0.25) is 0 Å². The van der Waals surface area contributed by atoms with Crippen molar-refractivity contribution in [3.63, 3.8) is 0 Å². The number of aliphatic hydroxyl groups is 1. The maximum Gasteiger partial charge on any atom is 0.330 e. The Balaban J connectivity index is 1.87. The molecule has 0 radical (unpaired) electrons. The fraction of sp³-hybridized carbons (Fsp3) is 0.308. The van der Waals surface area contributed by atoms with E-state index in [9.17, 15) is 9.90 Å². The largest absolute Gasteiger partial charge is 0.453 e. The number of fused-ring (bicyclic) bond motifs is 1. The maximum atomic E-state index is 11.1. The van der Waals surface area contributed by atoms with Gasteiger partial charge in [0.2, 0.25) is 0 Å². The van der Waals surface area contributed by atoms with Gasteiger partial charge >= 0.3 is 5.97 Å². The van der Waals surface area contributed by atoms with E-state index >= 15 is 0 Å². The highest BCUT2D eigenvalue weighted by Gasteiger charge is 2.46. The highest BCUT2D eigenvalue weighted by atomic mass is 16.6. The summed E-state index contributed by atoms with van der Waals surface area (Å²) in [6.45, 7) is 0. The van der Waals surface area contributed by atoms with E-state index in [0.29, 0.717) is 0 Å². The van der Waals surface area contributed by atoms with Crippen LogP contribution in [-0.2, 0) is 14.3 Å². The van der Waals surface area contributed by atoms with Crippen LogP contribution >= 0.6 is 0 Å². The van der Waals surface area contributed by atoms with E-state index in [2.05, 4.69) is 0 Å². The predicted octanol–water partition coefficient (Wildman–Crippen LogP) is 0.969. The fourth-order valence-electron chi connectivity index (χ4n) is 2.25. The van der Waals surface area contributed by atoms with Crippen LogP contribution in [0.4, 0.5) is 0 Å². The number of benzene rings is 1. The molecule has 1 N–H and O–H groups in total. The van der Waals surface area contributed by atoms with Crippen molar-refractivity contribution >= 4 is 5.97 Å². The molecule has 0 saturated carbocycles. The van der Waals surface area contributed by atoms with Crippen molar-refractivity contribution in [2.75, 3.05) is 0 Å². The lowest BCUT2D eigenvalue weighted by atomic mass is 10.0. The van der Waals surface area contributed by atoms with E-state index in [4.69, 9.17) is 9.47 Å². The smallest absolute Gasteiger partial charge is 0.330 e. The number of carbonyl (C=O) groups is 1. The Hall–Kier alpha value is -1.65. The van der Waals surface area contributed by atoms with Gasteiger partial charge in [-0.1, -0.05) is 30.3 Å². The molecule has 4 nitrogen and oxygen atoms in total. The molecule has 1 saturated heterocycles. The number of aliphatic hydroxyl groups excluding tert-OH is 1. The molecule has 0 spiro atoms. The van der Waals surface area contributed by atoms with E-state index in [1.807, 2.05) is 30.3 Å². The summed E-state index contributed by atoms with van der Waals surface area (Å²) in [4.78, 5) is 11.1. The standard InChI is InChI=1S/C13H12O4/c14-10-7-6-9-13(17-10)11(15)12(16-9)8-4-2-1-3-5-8/h1-7,9,11-13,15H/t9-,11-,12-,13+/m1/s1. The Labute approximate surface area is 98.5 Å². The van der Waals surface area contributed by atoms with Gasteiger partial charge in [-0.05, 0) is 11.6 Å². The van der Waals surface area contributed by atoms with Crippen LogP contribution in [0.3, 0.4) is 0 Å². The Morgan fingerprint density at radius 3 is 2.71 bits per heavy atom. The molecule has 0 aliphatic carbocycles. The monoisotopic (exact) mass is 232 g/mol. The molecule has 1 aromatic carbocycles. The van der Waals surface area contributed by atoms with Gasteiger partial charge in [-0.25, -0.2) is 4.79 Å². The zero-order valence-corrected chi connectivity index (χ0v) is 9.02. The van der Waals surface area contributed by atoms with Gasteiger partial charge in [-0.2, -0.15) is 0 Å². The first-order valence-corrected chi connectivity index (χ1v) is 5.53. The molecule has 1 aromatic rings. The van der Waals surface area contributed by atoms with Gasteiger partial charge < -0.3 is 14.6 Å². The lowest BCUT2D eigenvalue weighted by molar-refractivity contribution is -0.150. The highest BCUT2D eigenvalue weighted by Crippen LogP contribution is 2.36. The van der Waals surface area contributed by atoms with Crippen molar-refractivity contribution in [2.45, 2.75) is 24.4 Å². The lowest BCUT2D eigenvalue weighted by Crippen LogP contribution is -2.36. The second kappa shape index (κ2) is 3.98. The number of hydrogen-bond donors (Lipinski definition) is 1. The molecule has 4 atom stereocenters. The zero-order valence-electron chi connectivity index (χ0n) is 9.02. The van der Waals surface area contributed by atoms with Crippen molar-refractivity contribution < 1.29 is 19.4 Å². The van der Waals surface area contributed by atoms with E-state index in [1.54, 1.807) is 6.08 Å². The summed E-state index contributed by atoms with van der Waals surface area (Å²) in [7, 11) is 0. The van der Waals surface area contributed by atoms with Crippen molar-refractivity contribution in [1.29, 1.82) is 0 Å². The minimum absolute atomic E-state index is 0.354. The third kappa shape index (κ3) is 1.75. The SMILES string of the molecule is O=C1C=C[C@H]2O[C@H](c3ccccc3)[C@@H](O)[C@H]2O1. The minimum Gasteiger partial charge on any atom is -0.453 e. The first kappa shape index (κ1) is 10.5. The average molecular weight is 232 g/mol. The summed E-state index contributed by atoms with van der Waals surface area (Å²) in [6, 6.07) is 9.44. The predicted molar refractivity (Wildman–Crippen MR) is 59.1 cm³/mol. The third-order valence-corrected chi connectivity index (χ3v) is 3.08. The summed E-state index contributed by atoms with van der Waals surface area (Å²) in [5.74, 6) is -0.428. The second-order valence-corrected chi connectivity index (χ2v) is 4.18. The van der Waals surface area contributed by atoms with Crippen LogP contribution in [0.1, 0.15) is 11.7 Å². The van der Waals surface area contributed by atoms with Crippen molar-refractivity contribution in [1.82, 2.24) is 0 Å². The van der Waals surface area contributed by atoms with E-state index < -0.39 is 24.3 Å². The second-order valence-electron chi connectivity index (χ2n) is 4.18. The lowest BCUT2D eigenvalue weighted by Gasteiger charge is -2.20. The third-order valence-electron chi connectivity index (χ3n) is 3.08. The number of carbonyl (C=O) groups excluding carboxylic acids is 1. The molecule has 0 amide bonds. The van der Waals surface area contributed by atoms with Crippen LogP contribution in [0.15, 0.2) is 42.5 Å². The first-order valence-electron chi connectivity index (χ1n) is 5.53. The molecule has 3 rings (SSSR count). The molecular weight excluding hydrogens is 220 g/mol. The summed E-state index contributed by atoms with van der Waals surface area (Å²) >= 11 is 0. The van der Waals surface area contributed by atoms with Crippen molar-refractivity contribution in [3.8, 4) is 0 Å². The maximum absolute atomic E-state index is 11.1. The van der Waals surface area contributed by atoms with E-state index in [1.165, 1.54) is 6.08 Å². The van der Waals surface area contributed by atoms with Crippen LogP contribution in [0, 0.1) is 0 Å². The van der Waals surface area contributed by atoms with Crippen LogP contribution in [-0.4, -0.2) is 29.4 Å². The van der Waals surface area contributed by atoms with Gasteiger partial charge in [0.05, 0.1) is 0 Å². The Morgan fingerprint density at radius 1 is 1.18 bits per heavy atom. The Morgan fingerprint density at radius 2 is 1.94 bits per heavy atom. The summed E-state index contributed by atoms with van der Waals surface area (Å²) < 4.78 is 10.8. The van der Waals surface area contributed by atoms with Gasteiger partial charge in [0.15, 0.2) is 6.10 Å². The molecule has 2 aliphatic rings. The number of ether oxygens (including phenoxy) is 2. The van der Waals surface area contributed by atoms with Gasteiger partial charge in [-0.15, -0.1) is 0 Å². The number of esters is 1. The molecule has 88 valence electrons. The molecule has 2 aliphatic heterocycles. The van der Waals surface area contributed by atoms with E-state index in [0.717, 1.165) is 5.56 Å². The van der Waals surface area contributed by atoms with Gasteiger partial charge in [0.1, 0.15) is 18.3 Å². The molecule has 0 unspecified atom stereocenters. The molecule has 17 heavy (non-hydrogen) atoms. The molecule has 1 fully saturated rings. The first-order chi connectivity index (χ1) is 8.25. The minimum atomic E-state index is -0.823. The molecule has 0 aromatic heterocycles. The van der Waals surface area contributed by atoms with Crippen LogP contribution in [0.5, 0.6) is 0 Å². The van der Waals surface area contributed by atoms with Crippen LogP contribution in [0.2, 0.25) is 0 Å². The highest BCUT2D eigenvalue weighted by molar-refractivity contribution is 5.83. The summed E-state index contributed by atoms with van der Waals surface area (Å²) in [5.41, 5.74) is 0.888. The van der Waals surface area contributed by atoms with Crippen molar-refractivity contribution in [2.24, 2.45) is 0 Å². The summed E-state index contributed by atoms with van der Waals surface area (Å²) in [6.07, 6.45) is 0.757. The average Bonchev–Trinajstić information content (AvgIpc) is 2.68. The van der Waals surface area contributed by atoms with Crippen LogP contribution in [0.25, 0.3) is 0 Å². The van der Waals surface area contributed by atoms with E-state index in [-0.39, 0.29) is 6.10 Å². The number of hydrogen-bond acceptors (Lipinski definition) is 4. The molecule has 4 heteroatoms. The zero-order chi connectivity index (χ0) is 11.8. The number of rotatable bonds is 1. The topological polar surface area (TPSA) is 55.8 Å². The van der Waals surface area contributed by atoms with Gasteiger partial charge in [0.25, 0.3) is 0 Å². The quantitative estimate of drug-likeness (QED) is 0.733. The van der Waals surface area contributed by atoms with Crippen molar-refractivity contribution in [3.05, 3.63) is 48.0 Å². The van der Waals surface area contributed by atoms with Gasteiger partial charge in [0, 0.05) is 6.08 Å². The normalized spacial score (nSPS) is 35.5. The summed E-state index contributed by atoms with van der Waals surface area (Å²) in [5, 5.41) is 10.1. The fourth-order valence-corrected chi connectivity index (χ4v) is 2.25. The Kier molecular flexibility index (Phi) is 2.46. The molecule has 0 bridgehead atoms. The van der Waals surface area contributed by atoms with Crippen LogP contribution < -0.4 is 0 Å².